The van der Waals surface area contributed by atoms with E-state index in [-0.39, 0.29) is 5.97 Å². The van der Waals surface area contributed by atoms with Gasteiger partial charge in [0, 0.05) is 32.2 Å². The minimum Gasteiger partial charge on any atom is -0.464 e. The Labute approximate surface area is 105 Å². The van der Waals surface area contributed by atoms with E-state index in [0.29, 0.717) is 12.2 Å². The lowest BCUT2D eigenvalue weighted by atomic mass is 10.3. The third-order valence-corrected chi connectivity index (χ3v) is 2.61. The Kier molecular flexibility index (Phi) is 3.62. The van der Waals surface area contributed by atoms with Crippen LogP contribution in [0, 0.1) is 0 Å². The van der Waals surface area contributed by atoms with E-state index in [1.807, 2.05) is 31.4 Å². The van der Waals surface area contributed by atoms with Crippen LogP contribution in [0.5, 0.6) is 0 Å². The fourth-order valence-electron chi connectivity index (χ4n) is 1.71. The molecule has 0 aliphatic carbocycles. The molecule has 0 amide bonds. The van der Waals surface area contributed by atoms with Crippen molar-refractivity contribution in [2.24, 2.45) is 7.05 Å². The SMILES string of the molecule is COC(=O)c1cc(CNc2cccnc2)cn1C. The number of hydrogen-bond acceptors (Lipinski definition) is 4. The van der Waals surface area contributed by atoms with Crippen molar-refractivity contribution in [1.29, 1.82) is 0 Å². The Morgan fingerprint density at radius 2 is 2.39 bits per heavy atom. The Morgan fingerprint density at radius 1 is 1.56 bits per heavy atom. The summed E-state index contributed by atoms with van der Waals surface area (Å²) in [6.45, 7) is 0.635. The molecule has 0 atom stereocenters. The number of nitrogens with one attached hydrogen (secondary N) is 1. The van der Waals surface area contributed by atoms with Crippen LogP contribution in [0.2, 0.25) is 0 Å². The second-order valence-electron chi connectivity index (χ2n) is 3.93. The summed E-state index contributed by atoms with van der Waals surface area (Å²) in [5.41, 5.74) is 2.50. The zero-order valence-electron chi connectivity index (χ0n) is 10.4. The molecule has 0 aliphatic heterocycles. The molecular formula is C13H15N3O2. The zero-order valence-corrected chi connectivity index (χ0v) is 10.4. The molecule has 2 heterocycles. The lowest BCUT2D eigenvalue weighted by Crippen LogP contribution is -2.06. The van der Waals surface area contributed by atoms with Gasteiger partial charge in [-0.2, -0.15) is 0 Å². The van der Waals surface area contributed by atoms with E-state index in [1.165, 1.54) is 7.11 Å². The second kappa shape index (κ2) is 5.35. The standard InChI is InChI=1S/C13H15N3O2/c1-16-9-10(6-12(16)13(17)18-2)7-15-11-4-3-5-14-8-11/h3-6,8-9,15H,7H2,1-2H3. The van der Waals surface area contributed by atoms with Gasteiger partial charge in [-0.05, 0) is 23.8 Å². The highest BCUT2D eigenvalue weighted by molar-refractivity contribution is 5.87. The average molecular weight is 245 g/mol. The first kappa shape index (κ1) is 12.2. The highest BCUT2D eigenvalue weighted by Gasteiger charge is 2.11. The molecule has 0 aliphatic rings. The van der Waals surface area contributed by atoms with Gasteiger partial charge in [-0.25, -0.2) is 4.79 Å². The molecule has 0 bridgehead atoms. The fourth-order valence-corrected chi connectivity index (χ4v) is 1.71. The number of nitrogens with zero attached hydrogens (tertiary/aromatic N) is 2. The predicted octanol–water partition coefficient (Wildman–Crippen LogP) is 1.82. The first-order chi connectivity index (χ1) is 8.70. The molecule has 18 heavy (non-hydrogen) atoms. The molecule has 0 aromatic carbocycles. The first-order valence-electron chi connectivity index (χ1n) is 5.58. The van der Waals surface area contributed by atoms with E-state index in [0.717, 1.165) is 11.3 Å². The van der Waals surface area contributed by atoms with Crippen LogP contribution in [0.3, 0.4) is 0 Å². The molecule has 5 heteroatoms. The monoisotopic (exact) mass is 245 g/mol. The number of esters is 1. The van der Waals surface area contributed by atoms with Crippen LogP contribution < -0.4 is 5.32 Å². The van der Waals surface area contributed by atoms with Crippen LogP contribution in [0.4, 0.5) is 5.69 Å². The Bertz CT molecular complexity index is 534. The number of rotatable bonds is 4. The second-order valence-corrected chi connectivity index (χ2v) is 3.93. The number of hydrogen-bond donors (Lipinski definition) is 1. The van der Waals surface area contributed by atoms with E-state index in [2.05, 4.69) is 10.3 Å². The van der Waals surface area contributed by atoms with Gasteiger partial charge in [0.2, 0.25) is 0 Å². The maximum absolute atomic E-state index is 11.4. The number of carbonyl (C=O) groups excluding carboxylic acids is 1. The van der Waals surface area contributed by atoms with Crippen molar-refractivity contribution in [1.82, 2.24) is 9.55 Å². The van der Waals surface area contributed by atoms with Gasteiger partial charge in [0.05, 0.1) is 12.8 Å². The molecule has 0 fully saturated rings. The highest BCUT2D eigenvalue weighted by Crippen LogP contribution is 2.11. The smallest absolute Gasteiger partial charge is 0.354 e. The van der Waals surface area contributed by atoms with E-state index in [1.54, 1.807) is 17.0 Å². The van der Waals surface area contributed by atoms with Crippen molar-refractivity contribution in [3.63, 3.8) is 0 Å². The minimum absolute atomic E-state index is 0.329. The molecule has 0 saturated heterocycles. The molecule has 0 spiro atoms. The molecule has 2 aromatic heterocycles. The Balaban J connectivity index is 2.05. The summed E-state index contributed by atoms with van der Waals surface area (Å²) in [5.74, 6) is -0.329. The van der Waals surface area contributed by atoms with Gasteiger partial charge in [-0.3, -0.25) is 4.98 Å². The molecular weight excluding hydrogens is 230 g/mol. The van der Waals surface area contributed by atoms with Gasteiger partial charge < -0.3 is 14.6 Å². The van der Waals surface area contributed by atoms with Crippen molar-refractivity contribution in [3.05, 3.63) is 48.0 Å². The third-order valence-electron chi connectivity index (χ3n) is 2.61. The summed E-state index contributed by atoms with van der Waals surface area (Å²) < 4.78 is 6.46. The third kappa shape index (κ3) is 2.68. The summed E-state index contributed by atoms with van der Waals surface area (Å²) in [5, 5.41) is 3.23. The van der Waals surface area contributed by atoms with Gasteiger partial charge in [0.15, 0.2) is 0 Å². The summed E-state index contributed by atoms with van der Waals surface area (Å²) >= 11 is 0. The summed E-state index contributed by atoms with van der Waals surface area (Å²) in [4.78, 5) is 15.5. The van der Waals surface area contributed by atoms with Crippen LogP contribution in [0.15, 0.2) is 36.8 Å². The minimum atomic E-state index is -0.329. The summed E-state index contributed by atoms with van der Waals surface area (Å²) in [7, 11) is 3.20. The number of methoxy groups -OCH3 is 1. The lowest BCUT2D eigenvalue weighted by Gasteiger charge is -2.02. The highest BCUT2D eigenvalue weighted by atomic mass is 16.5. The number of pyridine rings is 1. The first-order valence-corrected chi connectivity index (χ1v) is 5.58. The van der Waals surface area contributed by atoms with Crippen molar-refractivity contribution in [2.45, 2.75) is 6.54 Å². The molecule has 5 nitrogen and oxygen atoms in total. The summed E-state index contributed by atoms with van der Waals surface area (Å²) in [6.07, 6.45) is 5.38. The Hall–Kier alpha value is -2.30. The van der Waals surface area contributed by atoms with Gasteiger partial charge in [-0.1, -0.05) is 0 Å². The lowest BCUT2D eigenvalue weighted by molar-refractivity contribution is 0.0590. The quantitative estimate of drug-likeness (QED) is 0.835. The normalized spacial score (nSPS) is 10.1. The van der Waals surface area contributed by atoms with Gasteiger partial charge >= 0.3 is 5.97 Å². The van der Waals surface area contributed by atoms with Crippen molar-refractivity contribution >= 4 is 11.7 Å². The molecule has 2 rings (SSSR count). The number of anilines is 1. The summed E-state index contributed by atoms with van der Waals surface area (Å²) in [6, 6.07) is 5.62. The van der Waals surface area contributed by atoms with E-state index < -0.39 is 0 Å². The van der Waals surface area contributed by atoms with Gasteiger partial charge in [0.25, 0.3) is 0 Å². The number of aromatic nitrogens is 2. The van der Waals surface area contributed by atoms with Crippen LogP contribution in [-0.4, -0.2) is 22.6 Å². The number of aryl methyl sites for hydroxylation is 1. The molecule has 94 valence electrons. The molecule has 0 radical (unpaired) electrons. The fraction of sp³-hybridized carbons (Fsp3) is 0.231. The maximum atomic E-state index is 11.4. The average Bonchev–Trinajstić information content (AvgIpc) is 2.78. The molecule has 1 N–H and O–H groups in total. The van der Waals surface area contributed by atoms with E-state index in [9.17, 15) is 4.79 Å². The van der Waals surface area contributed by atoms with Crippen molar-refractivity contribution in [2.75, 3.05) is 12.4 Å². The van der Waals surface area contributed by atoms with Gasteiger partial charge in [-0.15, -0.1) is 0 Å². The zero-order chi connectivity index (χ0) is 13.0. The Morgan fingerprint density at radius 3 is 3.06 bits per heavy atom. The predicted molar refractivity (Wildman–Crippen MR) is 68.3 cm³/mol. The van der Waals surface area contributed by atoms with Crippen LogP contribution in [0.1, 0.15) is 16.1 Å². The maximum Gasteiger partial charge on any atom is 0.354 e. The van der Waals surface area contributed by atoms with Crippen LogP contribution in [0.25, 0.3) is 0 Å². The van der Waals surface area contributed by atoms with Crippen LogP contribution >= 0.6 is 0 Å². The molecule has 2 aromatic rings. The van der Waals surface area contributed by atoms with Crippen LogP contribution in [-0.2, 0) is 18.3 Å². The molecule has 0 unspecified atom stereocenters. The molecule has 0 saturated carbocycles. The van der Waals surface area contributed by atoms with E-state index in [4.69, 9.17) is 4.74 Å². The largest absolute Gasteiger partial charge is 0.464 e. The number of carbonyl (C=O) groups is 1. The van der Waals surface area contributed by atoms with Gasteiger partial charge in [0.1, 0.15) is 5.69 Å². The van der Waals surface area contributed by atoms with Crippen molar-refractivity contribution < 1.29 is 9.53 Å². The van der Waals surface area contributed by atoms with Crippen molar-refractivity contribution in [3.8, 4) is 0 Å². The topological polar surface area (TPSA) is 56.1 Å². The number of ether oxygens (including phenoxy) is 1. The van der Waals surface area contributed by atoms with E-state index >= 15 is 0 Å².